The first-order valence-electron chi connectivity index (χ1n) is 3.61. The fraction of sp³-hybridized carbons (Fsp3) is 1.00. The van der Waals surface area contributed by atoms with Crippen molar-refractivity contribution in [1.29, 1.82) is 0 Å². The summed E-state index contributed by atoms with van der Waals surface area (Å²) in [6, 6.07) is 0. The minimum Gasteiger partial charge on any atom is -0.396 e. The van der Waals surface area contributed by atoms with E-state index in [-0.39, 0.29) is 13.0 Å². The number of aliphatic hydroxyl groups excluding tert-OH is 3. The zero-order chi connectivity index (χ0) is 9.07. The van der Waals surface area contributed by atoms with Gasteiger partial charge < -0.3 is 20.4 Å². The molecule has 0 rings (SSSR count). The second-order valence-electron chi connectivity index (χ2n) is 3.02. The van der Waals surface area contributed by atoms with Crippen molar-refractivity contribution < 1.29 is 20.4 Å². The Morgan fingerprint density at radius 2 is 1.82 bits per heavy atom. The molecule has 0 amide bonds. The molecular formula is C7H16O4. The van der Waals surface area contributed by atoms with E-state index in [1.165, 1.54) is 13.8 Å². The van der Waals surface area contributed by atoms with Gasteiger partial charge in [0.15, 0.2) is 0 Å². The molecule has 0 aliphatic rings. The summed E-state index contributed by atoms with van der Waals surface area (Å²) in [6.45, 7) is 2.55. The van der Waals surface area contributed by atoms with Gasteiger partial charge in [-0.3, -0.25) is 0 Å². The van der Waals surface area contributed by atoms with Crippen molar-refractivity contribution in [3.05, 3.63) is 0 Å². The molecule has 0 fully saturated rings. The topological polar surface area (TPSA) is 80.9 Å². The van der Waals surface area contributed by atoms with Crippen LogP contribution in [0.5, 0.6) is 0 Å². The first kappa shape index (κ1) is 10.8. The van der Waals surface area contributed by atoms with Gasteiger partial charge >= 0.3 is 0 Å². The van der Waals surface area contributed by atoms with Crippen LogP contribution in [0.15, 0.2) is 0 Å². The molecule has 4 N–H and O–H groups in total. The van der Waals surface area contributed by atoms with E-state index in [1.54, 1.807) is 0 Å². The molecule has 0 bridgehead atoms. The second-order valence-corrected chi connectivity index (χ2v) is 3.02. The van der Waals surface area contributed by atoms with E-state index in [0.29, 0.717) is 0 Å². The summed E-state index contributed by atoms with van der Waals surface area (Å²) in [6.07, 6.45) is -2.15. The van der Waals surface area contributed by atoms with Crippen LogP contribution in [0, 0.1) is 0 Å². The van der Waals surface area contributed by atoms with Crippen LogP contribution >= 0.6 is 0 Å². The molecule has 0 aliphatic carbocycles. The van der Waals surface area contributed by atoms with Crippen LogP contribution < -0.4 is 0 Å². The zero-order valence-electron chi connectivity index (χ0n) is 6.86. The summed E-state index contributed by atoms with van der Waals surface area (Å²) >= 11 is 0. The Kier molecular flexibility index (Phi) is 3.96. The molecule has 0 aromatic carbocycles. The molecule has 4 nitrogen and oxygen atoms in total. The standard InChI is InChI=1S/C7H16O4/c1-5(9)6(10)7(2,11)3-4-8/h5-6,8-11H,3-4H2,1-2H3/t5-,6-,7+/m1/s1. The molecule has 0 saturated heterocycles. The Hall–Kier alpha value is -0.160. The van der Waals surface area contributed by atoms with Gasteiger partial charge in [-0.15, -0.1) is 0 Å². The van der Waals surface area contributed by atoms with Crippen LogP contribution in [0.25, 0.3) is 0 Å². The molecule has 0 aromatic heterocycles. The molecule has 4 heteroatoms. The molecule has 0 radical (unpaired) electrons. The first-order valence-corrected chi connectivity index (χ1v) is 3.61. The van der Waals surface area contributed by atoms with Gasteiger partial charge in [0.25, 0.3) is 0 Å². The van der Waals surface area contributed by atoms with Crippen molar-refractivity contribution in [1.82, 2.24) is 0 Å². The summed E-state index contributed by atoms with van der Waals surface area (Å²) in [5.41, 5.74) is -1.41. The Morgan fingerprint density at radius 1 is 1.36 bits per heavy atom. The quantitative estimate of drug-likeness (QED) is 0.423. The first-order chi connectivity index (χ1) is 4.91. The van der Waals surface area contributed by atoms with Crippen LogP contribution in [0.2, 0.25) is 0 Å². The summed E-state index contributed by atoms with van der Waals surface area (Å²) in [4.78, 5) is 0. The highest BCUT2D eigenvalue weighted by Crippen LogP contribution is 2.16. The lowest BCUT2D eigenvalue weighted by molar-refractivity contribution is -0.118. The van der Waals surface area contributed by atoms with E-state index in [4.69, 9.17) is 10.2 Å². The molecule has 11 heavy (non-hydrogen) atoms. The number of hydrogen-bond acceptors (Lipinski definition) is 4. The molecule has 0 heterocycles. The van der Waals surface area contributed by atoms with Crippen molar-refractivity contribution >= 4 is 0 Å². The van der Waals surface area contributed by atoms with Crippen molar-refractivity contribution in [3.8, 4) is 0 Å². The molecular weight excluding hydrogens is 148 g/mol. The predicted molar refractivity (Wildman–Crippen MR) is 40.0 cm³/mol. The monoisotopic (exact) mass is 164 g/mol. The highest BCUT2D eigenvalue weighted by atomic mass is 16.4. The van der Waals surface area contributed by atoms with E-state index < -0.39 is 17.8 Å². The van der Waals surface area contributed by atoms with E-state index in [9.17, 15) is 10.2 Å². The fourth-order valence-corrected chi connectivity index (χ4v) is 0.894. The minimum atomic E-state index is -1.41. The average molecular weight is 164 g/mol. The lowest BCUT2D eigenvalue weighted by Crippen LogP contribution is -2.46. The third-order valence-corrected chi connectivity index (χ3v) is 1.71. The zero-order valence-corrected chi connectivity index (χ0v) is 6.86. The summed E-state index contributed by atoms with van der Waals surface area (Å²) in [5, 5.41) is 35.9. The van der Waals surface area contributed by atoms with Crippen molar-refractivity contribution in [2.24, 2.45) is 0 Å². The lowest BCUT2D eigenvalue weighted by Gasteiger charge is -2.30. The van der Waals surface area contributed by atoms with E-state index >= 15 is 0 Å². The summed E-state index contributed by atoms with van der Waals surface area (Å²) in [7, 11) is 0. The SMILES string of the molecule is C[C@@H](O)[C@@H](O)[C@@](C)(O)CCO. The van der Waals surface area contributed by atoms with E-state index in [2.05, 4.69) is 0 Å². The van der Waals surface area contributed by atoms with Gasteiger partial charge in [-0.2, -0.15) is 0 Å². The van der Waals surface area contributed by atoms with Gasteiger partial charge in [0.1, 0.15) is 6.10 Å². The maximum Gasteiger partial charge on any atom is 0.108 e. The maximum absolute atomic E-state index is 9.38. The highest BCUT2D eigenvalue weighted by Gasteiger charge is 2.32. The van der Waals surface area contributed by atoms with Crippen LogP contribution in [-0.2, 0) is 0 Å². The molecule has 0 aromatic rings. The van der Waals surface area contributed by atoms with Crippen LogP contribution in [0.4, 0.5) is 0 Å². The van der Waals surface area contributed by atoms with Crippen LogP contribution in [-0.4, -0.2) is 44.8 Å². The maximum atomic E-state index is 9.38. The third-order valence-electron chi connectivity index (χ3n) is 1.71. The normalized spacial score (nSPS) is 22.4. The van der Waals surface area contributed by atoms with Gasteiger partial charge in [0.2, 0.25) is 0 Å². The van der Waals surface area contributed by atoms with Gasteiger partial charge in [0.05, 0.1) is 11.7 Å². The highest BCUT2D eigenvalue weighted by molar-refractivity contribution is 4.84. The predicted octanol–water partition coefficient (Wildman–Crippen LogP) is -1.14. The Morgan fingerprint density at radius 3 is 2.09 bits per heavy atom. The molecule has 3 atom stereocenters. The largest absolute Gasteiger partial charge is 0.396 e. The second kappa shape index (κ2) is 4.01. The molecule has 0 saturated carbocycles. The van der Waals surface area contributed by atoms with E-state index in [1.807, 2.05) is 0 Å². The van der Waals surface area contributed by atoms with E-state index in [0.717, 1.165) is 0 Å². The van der Waals surface area contributed by atoms with Crippen molar-refractivity contribution in [3.63, 3.8) is 0 Å². The summed E-state index contributed by atoms with van der Waals surface area (Å²) < 4.78 is 0. The minimum absolute atomic E-state index is 0.0546. The third kappa shape index (κ3) is 3.16. The Bertz CT molecular complexity index is 111. The molecule has 0 spiro atoms. The Labute approximate surface area is 66.1 Å². The fourth-order valence-electron chi connectivity index (χ4n) is 0.894. The summed E-state index contributed by atoms with van der Waals surface area (Å²) in [5.74, 6) is 0. The van der Waals surface area contributed by atoms with Gasteiger partial charge in [-0.05, 0) is 13.8 Å². The molecule has 68 valence electrons. The molecule has 0 aliphatic heterocycles. The smallest absolute Gasteiger partial charge is 0.108 e. The van der Waals surface area contributed by atoms with Gasteiger partial charge in [-0.25, -0.2) is 0 Å². The Balaban J connectivity index is 4.05. The lowest BCUT2D eigenvalue weighted by atomic mass is 9.92. The van der Waals surface area contributed by atoms with Crippen LogP contribution in [0.3, 0.4) is 0 Å². The van der Waals surface area contributed by atoms with Crippen molar-refractivity contribution in [2.75, 3.05) is 6.61 Å². The number of hydrogen-bond donors (Lipinski definition) is 4. The molecule has 0 unspecified atom stereocenters. The van der Waals surface area contributed by atoms with Crippen molar-refractivity contribution in [2.45, 2.75) is 38.1 Å². The van der Waals surface area contributed by atoms with Crippen LogP contribution in [0.1, 0.15) is 20.3 Å². The average Bonchev–Trinajstić information content (AvgIpc) is 1.86. The number of aliphatic hydroxyl groups is 4. The van der Waals surface area contributed by atoms with Gasteiger partial charge in [-0.1, -0.05) is 0 Å². The number of rotatable bonds is 4. The van der Waals surface area contributed by atoms with Gasteiger partial charge in [0, 0.05) is 13.0 Å².